The molecule has 5 heterocycles. The average Bonchev–Trinajstić information content (AvgIpc) is 1.69. The van der Waals surface area contributed by atoms with Gasteiger partial charge in [0, 0.05) is 47.7 Å². The fraction of sp³-hybridized carbons (Fsp3) is 0.370. The summed E-state index contributed by atoms with van der Waals surface area (Å²) in [4.78, 5) is 147. The van der Waals surface area contributed by atoms with E-state index in [4.69, 9.17) is 29.4 Å². The zero-order valence-corrected chi connectivity index (χ0v) is 45.0. The first-order chi connectivity index (χ1) is 40.4. The van der Waals surface area contributed by atoms with Gasteiger partial charge in [-0.2, -0.15) is 13.2 Å². The van der Waals surface area contributed by atoms with Gasteiger partial charge in [0.25, 0.3) is 23.3 Å². The van der Waals surface area contributed by atoms with Crippen LogP contribution in [-0.4, -0.2) is 153 Å². The summed E-state index contributed by atoms with van der Waals surface area (Å²) in [5.41, 5.74) is -0.795. The van der Waals surface area contributed by atoms with Crippen molar-refractivity contribution in [1.29, 1.82) is 0 Å². The molecule has 2 aromatic heterocycles. The van der Waals surface area contributed by atoms with Crippen molar-refractivity contribution in [1.82, 2.24) is 51.7 Å². The van der Waals surface area contributed by atoms with Crippen molar-refractivity contribution in [3.05, 3.63) is 122 Å². The Kier molecular flexibility index (Phi) is 18.4. The van der Waals surface area contributed by atoms with Crippen LogP contribution in [0.4, 0.5) is 17.6 Å². The average molecular weight is 1190 g/mol. The number of hydrogen-bond donors (Lipinski definition) is 10. The number of nitrogens with one attached hydrogen (secondary N) is 7. The number of aliphatic hydroxyl groups excluding tert-OH is 1. The molecule has 5 atom stereocenters. The summed E-state index contributed by atoms with van der Waals surface area (Å²) in [7, 11) is 0. The second-order valence-electron chi connectivity index (χ2n) is 19.7. The van der Waals surface area contributed by atoms with Crippen LogP contribution in [0.5, 0.6) is 0 Å². The number of esters is 1. The van der Waals surface area contributed by atoms with E-state index in [2.05, 4.69) is 31.9 Å². The highest BCUT2D eigenvalue weighted by Crippen LogP contribution is 2.46. The maximum atomic E-state index is 15.4. The Labute approximate surface area is 477 Å². The number of fused-ring (bicyclic) bond motifs is 5. The minimum Gasteiger partial charge on any atom is -0.511 e. The fourth-order valence-electron chi connectivity index (χ4n) is 10.2. The number of carbonyl (C=O) groups excluding carboxylic acids is 9. The summed E-state index contributed by atoms with van der Waals surface area (Å²) in [6.07, 6.45) is -6.96. The van der Waals surface area contributed by atoms with Gasteiger partial charge in [-0.15, -0.1) is 0 Å². The Bertz CT molecular complexity index is 3540. The molecule has 27 nitrogen and oxygen atoms in total. The molecule has 1 aliphatic carbocycles. The van der Waals surface area contributed by atoms with Crippen molar-refractivity contribution in [2.45, 2.75) is 88.7 Å². The van der Waals surface area contributed by atoms with Crippen LogP contribution in [0, 0.1) is 12.7 Å². The van der Waals surface area contributed by atoms with E-state index in [0.717, 1.165) is 18.2 Å². The van der Waals surface area contributed by atoms with Gasteiger partial charge in [-0.3, -0.25) is 53.4 Å². The molecule has 0 unspecified atom stereocenters. The largest absolute Gasteiger partial charge is 0.511 e. The summed E-state index contributed by atoms with van der Waals surface area (Å²) in [5.74, 6) is -12.6. The first-order valence-corrected chi connectivity index (χ1v) is 26.0. The lowest BCUT2D eigenvalue weighted by molar-refractivity contribution is -0.220. The van der Waals surface area contributed by atoms with Gasteiger partial charge in [0.05, 0.1) is 54.7 Å². The molecule has 8 amide bonds. The van der Waals surface area contributed by atoms with Crippen LogP contribution in [0.1, 0.15) is 64.8 Å². The maximum absolute atomic E-state index is 15.4. The highest BCUT2D eigenvalue weighted by Gasteiger charge is 2.49. The molecule has 2 aromatic carbocycles. The smallest absolute Gasteiger partial charge is 0.423 e. The number of carboxylic acids is 1. The molecule has 4 aromatic rings. The summed E-state index contributed by atoms with van der Waals surface area (Å²) >= 11 is 0. The molecule has 10 N–H and O–H groups in total. The lowest BCUT2D eigenvalue weighted by Gasteiger charge is -2.31. The van der Waals surface area contributed by atoms with Crippen molar-refractivity contribution in [3.8, 4) is 11.4 Å². The molecular weight excluding hydrogens is 1140 g/mol. The standard InChI is InChI=1S/C54H54F4N10O17/c1-3-53(82)30-14-35-45-28(20-67(35)50(78)29(30)22-83-52(53)81)44-32(10-9-27-25(2)31(55)15-33(65-45)43(27)44)66-49(77)46(54(56,57)58)85-24-63-39(71)18-61-47(75)34(13-26-7-5-4-6-8-26)64-40(72)19-60-38(70)17-62-48(76)36(68-41(73)11-12-42(68)74)16-59-23-84-37(21-69)51(79)80/h4-8,11-12,14-15,21,32,34,36,46,59,69,82H,3,9-10,13,16-20,22-24H2,1-2H3,(H,60,70)(H,61,75)(H,62,76)(H,63,71)(H,64,72)(H,66,77)(H,79,80)/t32-,34-,36-,46+,53-/m0/s1. The number of carboxylic acid groups (broad SMARTS) is 1. The summed E-state index contributed by atoms with van der Waals surface area (Å²) in [6.45, 7) is -2.47. The van der Waals surface area contributed by atoms with Crippen LogP contribution in [0.25, 0.3) is 22.3 Å². The SMILES string of the molecule is CC[C@@]1(O)C(=O)OCc2c1cc1n(c2=O)Cc2c-1nc1cc(F)c(C)c3c1c2[C@@H](NC(=O)[C@@H](OCNC(=O)CNC(=O)[C@H](Cc1ccccc1)NC(=O)CNC(=O)CNC(=O)[C@H](CNCOC(=CO)C(=O)O)N1C(=O)C=CC1=O)C(F)(F)F)CC3. The predicted octanol–water partition coefficient (Wildman–Crippen LogP) is -0.931. The van der Waals surface area contributed by atoms with E-state index >= 15 is 4.39 Å². The van der Waals surface area contributed by atoms with Crippen molar-refractivity contribution < 1.29 is 95.0 Å². The van der Waals surface area contributed by atoms with Gasteiger partial charge >= 0.3 is 18.1 Å². The number of pyridine rings is 2. The molecule has 0 spiro atoms. The van der Waals surface area contributed by atoms with Gasteiger partial charge in [-0.05, 0) is 54.5 Å². The van der Waals surface area contributed by atoms with E-state index in [9.17, 15) is 71.0 Å². The molecule has 85 heavy (non-hydrogen) atoms. The highest BCUT2D eigenvalue weighted by atomic mass is 19.4. The van der Waals surface area contributed by atoms with Gasteiger partial charge in [0.2, 0.25) is 41.4 Å². The summed E-state index contributed by atoms with van der Waals surface area (Å²) < 4.78 is 75.7. The minimum absolute atomic E-state index is 0.00585. The number of rotatable bonds is 24. The molecule has 0 radical (unpaired) electrons. The molecule has 31 heteroatoms. The molecule has 0 bridgehead atoms. The topological polar surface area (TPSA) is 381 Å². The van der Waals surface area contributed by atoms with E-state index in [0.29, 0.717) is 27.0 Å². The first kappa shape index (κ1) is 61.5. The Morgan fingerprint density at radius 3 is 2.21 bits per heavy atom. The van der Waals surface area contributed by atoms with Crippen LogP contribution < -0.4 is 42.8 Å². The molecule has 0 saturated carbocycles. The van der Waals surface area contributed by atoms with Gasteiger partial charge in [-0.25, -0.2) is 19.0 Å². The number of halogens is 4. The number of aromatic nitrogens is 2. The van der Waals surface area contributed by atoms with Crippen molar-refractivity contribution in [3.63, 3.8) is 0 Å². The first-order valence-electron chi connectivity index (χ1n) is 26.0. The molecular formula is C54H54F4N10O17. The maximum Gasteiger partial charge on any atom is 0.423 e. The zero-order valence-electron chi connectivity index (χ0n) is 45.0. The van der Waals surface area contributed by atoms with E-state index in [1.807, 2.05) is 5.32 Å². The van der Waals surface area contributed by atoms with E-state index < -0.39 is 159 Å². The van der Waals surface area contributed by atoms with Gasteiger partial charge in [0.15, 0.2) is 5.60 Å². The number of aliphatic carboxylic acids is 1. The second-order valence-corrected chi connectivity index (χ2v) is 19.7. The number of imide groups is 1. The Morgan fingerprint density at radius 1 is 0.882 bits per heavy atom. The zero-order chi connectivity index (χ0) is 61.7. The number of nitrogens with zero attached hydrogens (tertiary/aromatic N) is 3. The van der Waals surface area contributed by atoms with Crippen molar-refractivity contribution >= 4 is 70.1 Å². The highest BCUT2D eigenvalue weighted by molar-refractivity contribution is 6.15. The number of benzene rings is 2. The van der Waals surface area contributed by atoms with Crippen LogP contribution in [0.3, 0.4) is 0 Å². The van der Waals surface area contributed by atoms with Crippen LogP contribution >= 0.6 is 0 Å². The number of amides is 8. The lowest BCUT2D eigenvalue weighted by Crippen LogP contribution is -2.56. The van der Waals surface area contributed by atoms with Gasteiger partial charge in [-0.1, -0.05) is 37.3 Å². The van der Waals surface area contributed by atoms with Crippen LogP contribution in [0.15, 0.2) is 71.4 Å². The van der Waals surface area contributed by atoms with E-state index in [1.165, 1.54) is 24.5 Å². The van der Waals surface area contributed by atoms with Crippen molar-refractivity contribution in [2.75, 3.05) is 39.6 Å². The third-order valence-corrected chi connectivity index (χ3v) is 14.4. The molecule has 8 rings (SSSR count). The minimum atomic E-state index is -5.37. The number of aliphatic hydroxyl groups is 2. The molecule has 3 aliphatic heterocycles. The molecule has 0 fully saturated rings. The van der Waals surface area contributed by atoms with Crippen LogP contribution in [-0.2, 0) is 93.8 Å². The molecule has 450 valence electrons. The Balaban J connectivity index is 0.871. The van der Waals surface area contributed by atoms with Gasteiger partial charge < -0.3 is 66.0 Å². The summed E-state index contributed by atoms with van der Waals surface area (Å²) in [6, 6.07) is 6.39. The number of hydrogen-bond acceptors (Lipinski definition) is 18. The number of carbonyl (C=O) groups is 10. The molecule has 0 saturated heterocycles. The summed E-state index contributed by atoms with van der Waals surface area (Å²) in [5, 5.41) is 45.6. The van der Waals surface area contributed by atoms with E-state index in [1.54, 1.807) is 30.3 Å². The molecule has 4 aliphatic rings. The number of aryl methyl sites for hydroxylation is 1. The second kappa shape index (κ2) is 25.5. The van der Waals surface area contributed by atoms with Crippen LogP contribution in [0.2, 0.25) is 0 Å². The third kappa shape index (κ3) is 13.1. The Morgan fingerprint density at radius 2 is 1.55 bits per heavy atom. The Hall–Kier alpha value is -9.62. The predicted molar refractivity (Wildman–Crippen MR) is 281 cm³/mol. The quantitative estimate of drug-likeness (QED) is 0.00678. The number of cyclic esters (lactones) is 1. The monoisotopic (exact) mass is 1190 g/mol. The number of alkyl halides is 3. The lowest BCUT2D eigenvalue weighted by atomic mass is 9.81. The normalized spacial score (nSPS) is 17.8. The number of ether oxygens (including phenoxy) is 3. The van der Waals surface area contributed by atoms with E-state index in [-0.39, 0.29) is 77.6 Å². The van der Waals surface area contributed by atoms with Gasteiger partial charge in [0.1, 0.15) is 44.2 Å². The third-order valence-electron chi connectivity index (χ3n) is 14.4. The van der Waals surface area contributed by atoms with Crippen molar-refractivity contribution in [2.24, 2.45) is 0 Å². The fourth-order valence-corrected chi connectivity index (χ4v) is 10.2.